The van der Waals surface area contributed by atoms with E-state index in [9.17, 15) is 4.39 Å². The zero-order valence-electron chi connectivity index (χ0n) is 10.7. The van der Waals surface area contributed by atoms with E-state index in [-0.39, 0.29) is 17.5 Å². The Kier molecular flexibility index (Phi) is 4.88. The molecule has 0 bridgehead atoms. The van der Waals surface area contributed by atoms with Crippen LogP contribution in [0.2, 0.25) is 10.0 Å². The van der Waals surface area contributed by atoms with E-state index in [4.69, 9.17) is 38.9 Å². The molecular formula is C14H11Cl2FN2O2. The van der Waals surface area contributed by atoms with E-state index in [2.05, 4.69) is 5.16 Å². The van der Waals surface area contributed by atoms with Crippen LogP contribution in [0.1, 0.15) is 11.1 Å². The smallest absolute Gasteiger partial charge is 0.171 e. The summed E-state index contributed by atoms with van der Waals surface area (Å²) in [6.07, 6.45) is 0. The lowest BCUT2D eigenvalue weighted by atomic mass is 10.2. The number of benzene rings is 2. The minimum absolute atomic E-state index is 0.00560. The fourth-order valence-corrected chi connectivity index (χ4v) is 2.12. The molecule has 3 N–H and O–H groups in total. The maximum absolute atomic E-state index is 13.5. The average Bonchev–Trinajstić information content (AvgIpc) is 2.47. The zero-order chi connectivity index (χ0) is 15.4. The number of amidine groups is 1. The number of oxime groups is 1. The number of nitrogens with zero attached hydrogens (tertiary/aromatic N) is 1. The second-order valence-electron chi connectivity index (χ2n) is 4.15. The lowest BCUT2D eigenvalue weighted by Crippen LogP contribution is -2.13. The van der Waals surface area contributed by atoms with Crippen LogP contribution in [-0.2, 0) is 6.61 Å². The Balaban J connectivity index is 2.14. The zero-order valence-corrected chi connectivity index (χ0v) is 12.2. The minimum atomic E-state index is -0.404. The first-order valence-electron chi connectivity index (χ1n) is 5.85. The summed E-state index contributed by atoms with van der Waals surface area (Å²) in [5, 5.41) is 12.2. The molecule has 0 spiro atoms. The van der Waals surface area contributed by atoms with Gasteiger partial charge in [-0.1, -0.05) is 28.4 Å². The van der Waals surface area contributed by atoms with Crippen LogP contribution >= 0.6 is 23.2 Å². The highest BCUT2D eigenvalue weighted by Crippen LogP contribution is 2.24. The van der Waals surface area contributed by atoms with Crippen molar-refractivity contribution < 1.29 is 14.3 Å². The van der Waals surface area contributed by atoms with Crippen LogP contribution in [0.15, 0.2) is 41.6 Å². The van der Waals surface area contributed by atoms with Gasteiger partial charge < -0.3 is 15.7 Å². The highest BCUT2D eigenvalue weighted by atomic mass is 35.5. The van der Waals surface area contributed by atoms with Gasteiger partial charge in [0.15, 0.2) is 5.84 Å². The molecule has 0 amide bonds. The molecule has 110 valence electrons. The molecule has 0 heterocycles. The van der Waals surface area contributed by atoms with E-state index in [1.54, 1.807) is 12.1 Å². The van der Waals surface area contributed by atoms with Crippen LogP contribution in [0.25, 0.3) is 0 Å². The maximum Gasteiger partial charge on any atom is 0.171 e. The van der Waals surface area contributed by atoms with Crippen LogP contribution in [-0.4, -0.2) is 11.0 Å². The Morgan fingerprint density at radius 3 is 2.67 bits per heavy atom. The molecule has 0 aliphatic carbocycles. The van der Waals surface area contributed by atoms with Gasteiger partial charge in [0, 0.05) is 16.1 Å². The highest BCUT2D eigenvalue weighted by molar-refractivity contribution is 6.34. The molecule has 0 aliphatic heterocycles. The lowest BCUT2D eigenvalue weighted by Gasteiger charge is -2.09. The molecule has 0 fully saturated rings. The second kappa shape index (κ2) is 6.65. The quantitative estimate of drug-likeness (QED) is 0.388. The van der Waals surface area contributed by atoms with Crippen molar-refractivity contribution in [2.75, 3.05) is 0 Å². The van der Waals surface area contributed by atoms with Gasteiger partial charge in [-0.25, -0.2) is 4.39 Å². The summed E-state index contributed by atoms with van der Waals surface area (Å²) in [4.78, 5) is 0. The summed E-state index contributed by atoms with van der Waals surface area (Å²) < 4.78 is 19.0. The molecule has 21 heavy (non-hydrogen) atoms. The molecule has 0 aromatic heterocycles. The van der Waals surface area contributed by atoms with E-state index in [0.717, 1.165) is 0 Å². The molecule has 0 saturated heterocycles. The van der Waals surface area contributed by atoms with Crippen molar-refractivity contribution in [3.8, 4) is 5.75 Å². The van der Waals surface area contributed by atoms with Crippen LogP contribution < -0.4 is 10.5 Å². The number of nitrogens with two attached hydrogens (primary N) is 1. The summed E-state index contributed by atoms with van der Waals surface area (Å²) >= 11 is 11.8. The second-order valence-corrected chi connectivity index (χ2v) is 4.99. The maximum atomic E-state index is 13.5. The fraction of sp³-hybridized carbons (Fsp3) is 0.0714. The van der Waals surface area contributed by atoms with Gasteiger partial charge in [0.2, 0.25) is 0 Å². The molecule has 0 radical (unpaired) electrons. The normalized spacial score (nSPS) is 11.5. The molecule has 0 saturated carbocycles. The minimum Gasteiger partial charge on any atom is -0.489 e. The Hall–Kier alpha value is -1.98. The monoisotopic (exact) mass is 328 g/mol. The average molecular weight is 329 g/mol. The van der Waals surface area contributed by atoms with Crippen LogP contribution in [0, 0.1) is 5.82 Å². The third-order valence-electron chi connectivity index (χ3n) is 2.73. The molecule has 2 rings (SSSR count). The largest absolute Gasteiger partial charge is 0.489 e. The van der Waals surface area contributed by atoms with Crippen molar-refractivity contribution in [3.05, 3.63) is 63.4 Å². The van der Waals surface area contributed by atoms with Crippen molar-refractivity contribution in [1.29, 1.82) is 0 Å². The van der Waals surface area contributed by atoms with E-state index in [0.29, 0.717) is 21.9 Å². The third kappa shape index (κ3) is 3.77. The van der Waals surface area contributed by atoms with E-state index < -0.39 is 5.82 Å². The Morgan fingerprint density at radius 1 is 1.24 bits per heavy atom. The summed E-state index contributed by atoms with van der Waals surface area (Å²) in [5.74, 6) is -0.0833. The summed E-state index contributed by atoms with van der Waals surface area (Å²) in [6, 6.07) is 8.85. The van der Waals surface area contributed by atoms with Crippen molar-refractivity contribution in [1.82, 2.24) is 0 Å². The molecule has 2 aromatic rings. The number of rotatable bonds is 4. The number of hydrogen-bond acceptors (Lipinski definition) is 3. The fourth-order valence-electron chi connectivity index (χ4n) is 1.66. The van der Waals surface area contributed by atoms with Crippen molar-refractivity contribution in [2.45, 2.75) is 6.61 Å². The van der Waals surface area contributed by atoms with E-state index >= 15 is 0 Å². The van der Waals surface area contributed by atoms with Gasteiger partial charge in [0.25, 0.3) is 0 Å². The highest BCUT2D eigenvalue weighted by Gasteiger charge is 2.08. The molecule has 0 atom stereocenters. The van der Waals surface area contributed by atoms with Gasteiger partial charge >= 0.3 is 0 Å². The molecule has 0 aliphatic rings. The SMILES string of the molecule is N/C(=N/O)c1ccc(OCc2cc(Cl)ccc2F)cc1Cl. The molecule has 2 aromatic carbocycles. The summed E-state index contributed by atoms with van der Waals surface area (Å²) in [5.41, 5.74) is 6.17. The molecular weight excluding hydrogens is 318 g/mol. The first kappa shape index (κ1) is 15.4. The van der Waals surface area contributed by atoms with Crippen LogP contribution in [0.4, 0.5) is 4.39 Å². The first-order valence-corrected chi connectivity index (χ1v) is 6.61. The Morgan fingerprint density at radius 2 is 2.00 bits per heavy atom. The first-order chi connectivity index (χ1) is 10.0. The Bertz CT molecular complexity index is 693. The molecule has 0 unspecified atom stereocenters. The van der Waals surface area contributed by atoms with Gasteiger partial charge in [-0.3, -0.25) is 0 Å². The van der Waals surface area contributed by atoms with Gasteiger partial charge in [0.05, 0.1) is 5.02 Å². The number of halogens is 3. The number of ether oxygens (including phenoxy) is 1. The summed E-state index contributed by atoms with van der Waals surface area (Å²) in [7, 11) is 0. The Labute approximate surface area is 130 Å². The van der Waals surface area contributed by atoms with Gasteiger partial charge in [-0.2, -0.15) is 0 Å². The predicted molar refractivity (Wildman–Crippen MR) is 79.7 cm³/mol. The van der Waals surface area contributed by atoms with E-state index in [1.807, 2.05) is 0 Å². The van der Waals surface area contributed by atoms with Crippen LogP contribution in [0.3, 0.4) is 0 Å². The number of hydrogen-bond donors (Lipinski definition) is 2. The predicted octanol–water partition coefficient (Wildman–Crippen LogP) is 3.81. The van der Waals surface area contributed by atoms with Gasteiger partial charge in [0.1, 0.15) is 18.2 Å². The third-order valence-corrected chi connectivity index (χ3v) is 3.27. The standard InChI is InChI=1S/C14H11Cl2FN2O2/c15-9-1-4-13(17)8(5-9)7-21-10-2-3-11(12(16)6-10)14(18)19-20/h1-6,20H,7H2,(H2,18,19). The van der Waals surface area contributed by atoms with Crippen molar-refractivity contribution in [3.63, 3.8) is 0 Å². The van der Waals surface area contributed by atoms with E-state index in [1.165, 1.54) is 24.3 Å². The van der Waals surface area contributed by atoms with Gasteiger partial charge in [-0.05, 0) is 36.4 Å². The lowest BCUT2D eigenvalue weighted by molar-refractivity contribution is 0.300. The molecule has 7 heteroatoms. The van der Waals surface area contributed by atoms with Crippen molar-refractivity contribution in [2.24, 2.45) is 10.9 Å². The van der Waals surface area contributed by atoms with Gasteiger partial charge in [-0.15, -0.1) is 0 Å². The summed E-state index contributed by atoms with van der Waals surface area (Å²) in [6.45, 7) is 0.00560. The van der Waals surface area contributed by atoms with Crippen molar-refractivity contribution >= 4 is 29.0 Å². The topological polar surface area (TPSA) is 67.8 Å². The molecule has 4 nitrogen and oxygen atoms in total. The van der Waals surface area contributed by atoms with Crippen LogP contribution in [0.5, 0.6) is 5.75 Å².